The van der Waals surface area contributed by atoms with Crippen LogP contribution in [0.15, 0.2) is 34.7 Å². The van der Waals surface area contributed by atoms with Gasteiger partial charge in [-0.05, 0) is 69.4 Å². The normalized spacial score (nSPS) is 14.5. The Morgan fingerprint density at radius 1 is 1.21 bits per heavy atom. The van der Waals surface area contributed by atoms with Gasteiger partial charge in [-0.25, -0.2) is 9.48 Å². The van der Waals surface area contributed by atoms with Crippen molar-refractivity contribution in [2.45, 2.75) is 58.3 Å². The predicted molar refractivity (Wildman–Crippen MR) is 131 cm³/mol. The second-order valence-electron chi connectivity index (χ2n) is 8.83. The summed E-state index contributed by atoms with van der Waals surface area (Å²) in [7, 11) is 5.01. The summed E-state index contributed by atoms with van der Waals surface area (Å²) >= 11 is 5.93. The van der Waals surface area contributed by atoms with Crippen molar-refractivity contribution in [3.05, 3.63) is 52.2 Å². The summed E-state index contributed by atoms with van der Waals surface area (Å²) in [5.41, 5.74) is 1.47. The second-order valence-corrected chi connectivity index (χ2v) is 9.19. The number of hydrogen-bond acceptors (Lipinski definition) is 7. The Bertz CT molecular complexity index is 1190. The molecule has 2 aromatic heterocycles. The molecule has 34 heavy (non-hydrogen) atoms. The first-order chi connectivity index (χ1) is 16.4. The highest BCUT2D eigenvalue weighted by Gasteiger charge is 2.23. The quantitative estimate of drug-likeness (QED) is 0.314. The lowest BCUT2D eigenvalue weighted by Crippen LogP contribution is -2.22. The molecule has 4 rings (SSSR count). The molecule has 3 aromatic rings. The third-order valence-electron chi connectivity index (χ3n) is 6.33. The van der Waals surface area contributed by atoms with Gasteiger partial charge < -0.3 is 13.9 Å². The molecule has 8 nitrogen and oxygen atoms in total. The Morgan fingerprint density at radius 2 is 1.91 bits per heavy atom. The van der Waals surface area contributed by atoms with Crippen LogP contribution in [0, 0.1) is 11.7 Å². The number of carbonyl (C=O) groups is 1. The van der Waals surface area contributed by atoms with Crippen molar-refractivity contribution >= 4 is 18.2 Å². The maximum Gasteiger partial charge on any atom is 0.341 e. The van der Waals surface area contributed by atoms with Gasteiger partial charge in [0, 0.05) is 11.6 Å². The third-order valence-corrected chi connectivity index (χ3v) is 6.74. The number of ether oxygens (including phenoxy) is 2. The molecular formula is C25H32N4O4S. The number of aryl methyl sites for hydroxylation is 1. The molecule has 1 aliphatic carbocycles. The van der Waals surface area contributed by atoms with Crippen LogP contribution >= 0.6 is 12.2 Å². The first kappa shape index (κ1) is 24.2. The van der Waals surface area contributed by atoms with E-state index in [0.717, 1.165) is 34.8 Å². The predicted octanol–water partition coefficient (Wildman–Crippen LogP) is 5.37. The van der Waals surface area contributed by atoms with Gasteiger partial charge in [0.1, 0.15) is 22.8 Å². The molecule has 0 saturated heterocycles. The van der Waals surface area contributed by atoms with E-state index in [4.69, 9.17) is 31.2 Å². The van der Waals surface area contributed by atoms with E-state index in [-0.39, 0.29) is 0 Å². The molecule has 1 aromatic carbocycles. The first-order valence-electron chi connectivity index (χ1n) is 11.6. The largest absolute Gasteiger partial charge is 0.497 e. The van der Waals surface area contributed by atoms with Crippen molar-refractivity contribution in [3.8, 4) is 17.1 Å². The fraction of sp³-hybridized carbons (Fsp3) is 0.480. The van der Waals surface area contributed by atoms with Crippen LogP contribution in [-0.2, 0) is 18.0 Å². The van der Waals surface area contributed by atoms with Crippen LogP contribution in [0.1, 0.15) is 60.0 Å². The Balaban J connectivity index is 1.60. The molecule has 0 unspecified atom stereocenters. The van der Waals surface area contributed by atoms with Gasteiger partial charge in [-0.1, -0.05) is 19.3 Å². The monoisotopic (exact) mass is 484 g/mol. The molecule has 0 spiro atoms. The lowest BCUT2D eigenvalue weighted by molar-refractivity contribution is 0.0599. The molecule has 9 heteroatoms. The van der Waals surface area contributed by atoms with E-state index >= 15 is 0 Å². The number of rotatable bonds is 8. The van der Waals surface area contributed by atoms with Crippen molar-refractivity contribution in [2.24, 2.45) is 0 Å². The fourth-order valence-electron chi connectivity index (χ4n) is 4.60. The maximum atomic E-state index is 11.9. The molecule has 1 fully saturated rings. The van der Waals surface area contributed by atoms with Crippen LogP contribution in [0.2, 0.25) is 0 Å². The summed E-state index contributed by atoms with van der Waals surface area (Å²) in [4.78, 5) is 14.0. The van der Waals surface area contributed by atoms with Gasteiger partial charge in [-0.2, -0.15) is 5.10 Å². The number of nitrogens with zero attached hydrogens (tertiary/aromatic N) is 4. The zero-order chi connectivity index (χ0) is 24.2. The molecule has 0 bridgehead atoms. The standard InChI is InChI=1S/C25H32N4O4S/c1-17-22(24(30)32-4)14-21(33-17)15-27(2)16-28-25(34)29(19-8-6-5-7-9-19)23(26-28)18-10-12-20(31-3)13-11-18/h10-14,19H,5-9,15-16H2,1-4H3. The molecular weight excluding hydrogens is 452 g/mol. The number of furan rings is 1. The summed E-state index contributed by atoms with van der Waals surface area (Å²) < 4.78 is 20.8. The minimum atomic E-state index is -0.396. The summed E-state index contributed by atoms with van der Waals surface area (Å²) in [5, 5.41) is 4.94. The Labute approximate surface area is 205 Å². The van der Waals surface area contributed by atoms with Crippen LogP contribution in [-0.4, -0.2) is 46.5 Å². The highest BCUT2D eigenvalue weighted by Crippen LogP contribution is 2.33. The molecule has 0 radical (unpaired) electrons. The van der Waals surface area contributed by atoms with E-state index in [1.165, 1.54) is 26.4 Å². The van der Waals surface area contributed by atoms with Gasteiger partial charge in [-0.3, -0.25) is 9.47 Å². The van der Waals surface area contributed by atoms with E-state index < -0.39 is 5.97 Å². The van der Waals surface area contributed by atoms with E-state index in [2.05, 4.69) is 9.47 Å². The van der Waals surface area contributed by atoms with E-state index in [1.807, 2.05) is 36.0 Å². The van der Waals surface area contributed by atoms with Gasteiger partial charge >= 0.3 is 5.97 Å². The van der Waals surface area contributed by atoms with Crippen molar-refractivity contribution in [1.29, 1.82) is 0 Å². The molecule has 0 N–H and O–H groups in total. The van der Waals surface area contributed by atoms with Gasteiger partial charge in [0.05, 0.1) is 27.4 Å². The minimum absolute atomic E-state index is 0.354. The lowest BCUT2D eigenvalue weighted by atomic mass is 9.95. The fourth-order valence-corrected chi connectivity index (χ4v) is 4.93. The zero-order valence-electron chi connectivity index (χ0n) is 20.2. The van der Waals surface area contributed by atoms with Gasteiger partial charge in [0.25, 0.3) is 0 Å². The zero-order valence-corrected chi connectivity index (χ0v) is 21.1. The summed E-state index contributed by atoms with van der Waals surface area (Å²) in [6.07, 6.45) is 5.91. The average Bonchev–Trinajstić information content (AvgIpc) is 3.38. The number of benzene rings is 1. The number of aromatic nitrogens is 3. The van der Waals surface area contributed by atoms with Gasteiger partial charge in [-0.15, -0.1) is 0 Å². The molecule has 2 heterocycles. The van der Waals surface area contributed by atoms with Crippen molar-refractivity contribution < 1.29 is 18.7 Å². The van der Waals surface area contributed by atoms with Crippen LogP contribution in [0.5, 0.6) is 5.75 Å². The average molecular weight is 485 g/mol. The summed E-state index contributed by atoms with van der Waals surface area (Å²) in [6.45, 7) is 2.77. The van der Waals surface area contributed by atoms with Crippen molar-refractivity contribution in [1.82, 2.24) is 19.2 Å². The summed E-state index contributed by atoms with van der Waals surface area (Å²) in [5.74, 6) is 2.54. The number of hydrogen-bond donors (Lipinski definition) is 0. The van der Waals surface area contributed by atoms with Crippen LogP contribution in [0.3, 0.4) is 0 Å². The molecule has 0 atom stereocenters. The Morgan fingerprint density at radius 3 is 2.56 bits per heavy atom. The Kier molecular flexibility index (Phi) is 7.53. The summed E-state index contributed by atoms with van der Waals surface area (Å²) in [6, 6.07) is 10.1. The second kappa shape index (κ2) is 10.6. The lowest BCUT2D eigenvalue weighted by Gasteiger charge is -2.24. The molecule has 1 saturated carbocycles. The molecule has 0 amide bonds. The van der Waals surface area contributed by atoms with E-state index in [9.17, 15) is 4.79 Å². The molecule has 0 aliphatic heterocycles. The number of esters is 1. The number of carbonyl (C=O) groups excluding carboxylic acids is 1. The number of methoxy groups -OCH3 is 2. The van der Waals surface area contributed by atoms with Crippen LogP contribution < -0.4 is 4.74 Å². The maximum absolute atomic E-state index is 11.9. The Hall–Kier alpha value is -2.91. The smallest absolute Gasteiger partial charge is 0.341 e. The third kappa shape index (κ3) is 5.10. The van der Waals surface area contributed by atoms with Crippen molar-refractivity contribution in [2.75, 3.05) is 21.3 Å². The molecule has 182 valence electrons. The van der Waals surface area contributed by atoms with Gasteiger partial charge in [0.2, 0.25) is 0 Å². The SMILES string of the molecule is COC(=O)c1cc(CN(C)Cn2nc(-c3ccc(OC)cc3)n(C3CCCCC3)c2=S)oc1C. The van der Waals surface area contributed by atoms with Gasteiger partial charge in [0.15, 0.2) is 10.6 Å². The minimum Gasteiger partial charge on any atom is -0.497 e. The van der Waals surface area contributed by atoms with Crippen molar-refractivity contribution in [3.63, 3.8) is 0 Å². The highest BCUT2D eigenvalue weighted by atomic mass is 32.1. The first-order valence-corrected chi connectivity index (χ1v) is 12.0. The highest BCUT2D eigenvalue weighted by molar-refractivity contribution is 7.71. The van der Waals surface area contributed by atoms with E-state index in [0.29, 0.717) is 36.3 Å². The van der Waals surface area contributed by atoms with Crippen LogP contribution in [0.25, 0.3) is 11.4 Å². The topological polar surface area (TPSA) is 74.7 Å². The molecule has 1 aliphatic rings. The van der Waals surface area contributed by atoms with Crippen LogP contribution in [0.4, 0.5) is 0 Å². The van der Waals surface area contributed by atoms with E-state index in [1.54, 1.807) is 20.1 Å².